The Morgan fingerprint density at radius 2 is 2.04 bits per heavy atom. The van der Waals surface area contributed by atoms with Crippen molar-refractivity contribution in [2.24, 2.45) is 5.92 Å². The highest BCUT2D eigenvalue weighted by Crippen LogP contribution is 2.22. The Hall–Kier alpha value is -1.47. The highest BCUT2D eigenvalue weighted by molar-refractivity contribution is 7.91. The second-order valence-corrected chi connectivity index (χ2v) is 8.06. The van der Waals surface area contributed by atoms with Gasteiger partial charge in [-0.1, -0.05) is 6.92 Å². The summed E-state index contributed by atoms with van der Waals surface area (Å²) in [6.45, 7) is 3.02. The lowest BCUT2D eigenvalue weighted by Crippen LogP contribution is -2.44. The van der Waals surface area contributed by atoms with E-state index in [1.54, 1.807) is 11.8 Å². The van der Waals surface area contributed by atoms with E-state index in [0.717, 1.165) is 25.0 Å². The molecule has 128 valence electrons. The normalized spacial score (nSPS) is 19.8. The van der Waals surface area contributed by atoms with Crippen molar-refractivity contribution in [3.05, 3.63) is 30.1 Å². The molecule has 1 aliphatic heterocycles. The molecule has 1 N–H and O–H groups in total. The third-order valence-electron chi connectivity index (χ3n) is 4.16. The van der Waals surface area contributed by atoms with Gasteiger partial charge in [0.15, 0.2) is 9.84 Å². The van der Waals surface area contributed by atoms with Gasteiger partial charge in [0.1, 0.15) is 5.82 Å². The Morgan fingerprint density at radius 1 is 1.39 bits per heavy atom. The molecule has 0 saturated carbocycles. The molecule has 1 heterocycles. The fourth-order valence-electron chi connectivity index (χ4n) is 3.00. The maximum Gasteiger partial charge on any atom is 0.226 e. The van der Waals surface area contributed by atoms with E-state index in [-0.39, 0.29) is 22.6 Å². The van der Waals surface area contributed by atoms with Crippen LogP contribution in [0.2, 0.25) is 0 Å². The fourth-order valence-corrected chi connectivity index (χ4v) is 4.54. The van der Waals surface area contributed by atoms with Crippen molar-refractivity contribution in [2.45, 2.75) is 30.7 Å². The number of nitrogens with zero attached hydrogens (tertiary/aromatic N) is 1. The van der Waals surface area contributed by atoms with Crippen molar-refractivity contribution in [2.75, 3.05) is 25.9 Å². The zero-order chi connectivity index (χ0) is 17.0. The van der Waals surface area contributed by atoms with Crippen LogP contribution in [0.3, 0.4) is 0 Å². The first kappa shape index (κ1) is 17.9. The number of halogens is 1. The number of carbonyl (C=O) groups excluding carboxylic acids is 1. The third kappa shape index (κ3) is 4.29. The van der Waals surface area contributed by atoms with Gasteiger partial charge in [0, 0.05) is 25.0 Å². The molecule has 1 fully saturated rings. The number of hydrogen-bond donors (Lipinski definition) is 1. The molecule has 1 amide bonds. The maximum atomic E-state index is 12.9. The van der Waals surface area contributed by atoms with E-state index in [0.29, 0.717) is 13.1 Å². The van der Waals surface area contributed by atoms with Gasteiger partial charge in [0.25, 0.3) is 0 Å². The van der Waals surface area contributed by atoms with E-state index < -0.39 is 21.6 Å². The highest BCUT2D eigenvalue weighted by atomic mass is 32.2. The van der Waals surface area contributed by atoms with Crippen LogP contribution in [0, 0.1) is 11.7 Å². The zero-order valence-electron chi connectivity index (χ0n) is 13.5. The van der Waals surface area contributed by atoms with Crippen LogP contribution in [0.4, 0.5) is 4.39 Å². The quantitative estimate of drug-likeness (QED) is 0.795. The summed E-state index contributed by atoms with van der Waals surface area (Å²) in [5.41, 5.74) is 0. The minimum Gasteiger partial charge on any atom is -0.338 e. The van der Waals surface area contributed by atoms with E-state index in [2.05, 4.69) is 5.32 Å². The summed E-state index contributed by atoms with van der Waals surface area (Å²) in [6.07, 6.45) is 1.87. The highest BCUT2D eigenvalue weighted by Gasteiger charge is 2.33. The molecule has 1 aromatic carbocycles. The van der Waals surface area contributed by atoms with Crippen molar-refractivity contribution in [3.63, 3.8) is 0 Å². The number of hydrogen-bond acceptors (Lipinski definition) is 4. The summed E-state index contributed by atoms with van der Waals surface area (Å²) in [5, 5.41) is 3.07. The predicted molar refractivity (Wildman–Crippen MR) is 86.3 cm³/mol. The molecule has 5 nitrogen and oxygen atoms in total. The van der Waals surface area contributed by atoms with Crippen molar-refractivity contribution < 1.29 is 17.6 Å². The number of amides is 1. The Labute approximate surface area is 136 Å². The van der Waals surface area contributed by atoms with E-state index in [9.17, 15) is 17.6 Å². The third-order valence-corrected chi connectivity index (χ3v) is 6.09. The summed E-state index contributed by atoms with van der Waals surface area (Å²) < 4.78 is 37.7. The first-order valence-electron chi connectivity index (χ1n) is 7.78. The summed E-state index contributed by atoms with van der Waals surface area (Å²) in [4.78, 5) is 14.4. The van der Waals surface area contributed by atoms with Gasteiger partial charge >= 0.3 is 0 Å². The monoisotopic (exact) mass is 342 g/mol. The molecule has 0 aromatic heterocycles. The second-order valence-electron chi connectivity index (χ2n) is 6.02. The minimum absolute atomic E-state index is 0.0479. The first-order valence-corrected chi connectivity index (χ1v) is 9.44. The lowest BCUT2D eigenvalue weighted by atomic mass is 10.1. The average molecular weight is 342 g/mol. The smallest absolute Gasteiger partial charge is 0.226 e. The summed E-state index contributed by atoms with van der Waals surface area (Å²) in [6, 6.07) is 4.83. The maximum absolute atomic E-state index is 12.9. The van der Waals surface area contributed by atoms with Gasteiger partial charge in [-0.05, 0) is 44.2 Å². The van der Waals surface area contributed by atoms with Crippen LogP contribution in [-0.2, 0) is 14.6 Å². The number of sulfone groups is 1. The number of carbonyl (C=O) groups is 1. The SMILES string of the molecule is CNCC1CCCN1C(=O)C(C)CS(=O)(=O)c1ccc(F)cc1. The van der Waals surface area contributed by atoms with Gasteiger partial charge in [-0.3, -0.25) is 4.79 Å². The van der Waals surface area contributed by atoms with Crippen LogP contribution in [0.25, 0.3) is 0 Å². The van der Waals surface area contributed by atoms with E-state index >= 15 is 0 Å². The van der Waals surface area contributed by atoms with Gasteiger partial charge in [-0.2, -0.15) is 0 Å². The number of likely N-dealkylation sites (tertiary alicyclic amines) is 1. The molecule has 1 saturated heterocycles. The Balaban J connectivity index is 2.06. The van der Waals surface area contributed by atoms with Crippen molar-refractivity contribution in [1.29, 1.82) is 0 Å². The van der Waals surface area contributed by atoms with Crippen LogP contribution in [0.15, 0.2) is 29.2 Å². The van der Waals surface area contributed by atoms with Gasteiger partial charge in [0.05, 0.1) is 10.6 Å². The molecular formula is C16H23FN2O3S. The van der Waals surface area contributed by atoms with Gasteiger partial charge < -0.3 is 10.2 Å². The molecule has 0 aliphatic carbocycles. The molecule has 7 heteroatoms. The zero-order valence-corrected chi connectivity index (χ0v) is 14.3. The molecule has 2 rings (SSSR count). The molecule has 1 aliphatic rings. The van der Waals surface area contributed by atoms with Gasteiger partial charge in [0.2, 0.25) is 5.91 Å². The largest absolute Gasteiger partial charge is 0.338 e. The molecule has 0 radical (unpaired) electrons. The van der Waals surface area contributed by atoms with E-state index in [1.165, 1.54) is 12.1 Å². The van der Waals surface area contributed by atoms with Crippen molar-refractivity contribution in [3.8, 4) is 0 Å². The molecule has 0 bridgehead atoms. The van der Waals surface area contributed by atoms with Gasteiger partial charge in [-0.15, -0.1) is 0 Å². The Bertz CT molecular complexity index is 646. The van der Waals surface area contributed by atoms with Crippen LogP contribution in [0.1, 0.15) is 19.8 Å². The average Bonchev–Trinajstić information content (AvgIpc) is 2.95. The van der Waals surface area contributed by atoms with Crippen LogP contribution < -0.4 is 5.32 Å². The molecule has 1 aromatic rings. The standard InChI is InChI=1S/C16H23FN2O3S/c1-12(16(20)19-9-3-4-14(19)10-18-2)11-23(21,22)15-7-5-13(17)6-8-15/h5-8,12,14,18H,3-4,9-11H2,1-2H3. The van der Waals surface area contributed by atoms with Crippen LogP contribution in [-0.4, -0.2) is 51.2 Å². The second kappa shape index (κ2) is 7.40. The predicted octanol–water partition coefficient (Wildman–Crippen LogP) is 1.45. The van der Waals surface area contributed by atoms with Crippen LogP contribution in [0.5, 0.6) is 0 Å². The van der Waals surface area contributed by atoms with E-state index in [1.807, 2.05) is 7.05 Å². The van der Waals surface area contributed by atoms with Gasteiger partial charge in [-0.25, -0.2) is 12.8 Å². The Morgan fingerprint density at radius 3 is 2.65 bits per heavy atom. The topological polar surface area (TPSA) is 66.5 Å². The summed E-state index contributed by atoms with van der Waals surface area (Å²) in [7, 11) is -1.77. The lowest BCUT2D eigenvalue weighted by Gasteiger charge is -2.27. The summed E-state index contributed by atoms with van der Waals surface area (Å²) in [5.74, 6) is -1.50. The van der Waals surface area contributed by atoms with Crippen molar-refractivity contribution in [1.82, 2.24) is 10.2 Å². The number of rotatable bonds is 6. The number of likely N-dealkylation sites (N-methyl/N-ethyl adjacent to an activating group) is 1. The molecule has 23 heavy (non-hydrogen) atoms. The van der Waals surface area contributed by atoms with Crippen molar-refractivity contribution >= 4 is 15.7 Å². The molecular weight excluding hydrogens is 319 g/mol. The molecule has 0 spiro atoms. The molecule has 2 unspecified atom stereocenters. The minimum atomic E-state index is -3.61. The number of nitrogens with one attached hydrogen (secondary N) is 1. The fraction of sp³-hybridized carbons (Fsp3) is 0.562. The lowest BCUT2D eigenvalue weighted by molar-refractivity contribution is -0.135. The molecule has 2 atom stereocenters. The number of benzene rings is 1. The first-order chi connectivity index (χ1) is 10.8. The van der Waals surface area contributed by atoms with Crippen LogP contribution >= 0.6 is 0 Å². The Kier molecular flexibility index (Phi) is 5.75. The van der Waals surface area contributed by atoms with E-state index in [4.69, 9.17) is 0 Å². The summed E-state index contributed by atoms with van der Waals surface area (Å²) >= 11 is 0.